The van der Waals surface area contributed by atoms with Crippen molar-refractivity contribution in [3.8, 4) is 0 Å². The number of benzene rings is 1. The van der Waals surface area contributed by atoms with Gasteiger partial charge in [-0.25, -0.2) is 0 Å². The van der Waals surface area contributed by atoms with Gasteiger partial charge in [-0.3, -0.25) is 4.55 Å². The Labute approximate surface area is 102 Å². The largest absolute Gasteiger partial charge is 0.382 e. The topological polar surface area (TPSA) is 63.6 Å². The van der Waals surface area contributed by atoms with E-state index < -0.39 is 10.1 Å². The van der Waals surface area contributed by atoms with Crippen molar-refractivity contribution < 1.29 is 17.7 Å². The smallest absolute Gasteiger partial charge is 0.294 e. The Kier molecular flexibility index (Phi) is 5.61. The summed E-state index contributed by atoms with van der Waals surface area (Å²) >= 11 is 0. The number of rotatable bonds is 7. The van der Waals surface area contributed by atoms with Gasteiger partial charge in [0.05, 0.1) is 4.90 Å². The SMILES string of the molecule is CCOCCCCc1ccc(S(=O)(=O)O)cc1. The first-order valence-corrected chi connectivity index (χ1v) is 7.12. The van der Waals surface area contributed by atoms with Gasteiger partial charge in [-0.1, -0.05) is 12.1 Å². The molecule has 0 saturated carbocycles. The van der Waals surface area contributed by atoms with Crippen molar-refractivity contribution >= 4 is 10.1 Å². The fourth-order valence-corrected chi connectivity index (χ4v) is 1.99. The molecule has 0 radical (unpaired) electrons. The first-order chi connectivity index (χ1) is 8.04. The highest BCUT2D eigenvalue weighted by Crippen LogP contribution is 2.12. The van der Waals surface area contributed by atoms with Crippen molar-refractivity contribution in [1.29, 1.82) is 0 Å². The molecule has 17 heavy (non-hydrogen) atoms. The van der Waals surface area contributed by atoms with Crippen LogP contribution in [-0.4, -0.2) is 26.2 Å². The number of hydrogen-bond acceptors (Lipinski definition) is 3. The van der Waals surface area contributed by atoms with Crippen LogP contribution in [0.4, 0.5) is 0 Å². The lowest BCUT2D eigenvalue weighted by molar-refractivity contribution is 0.143. The van der Waals surface area contributed by atoms with Gasteiger partial charge in [-0.05, 0) is 43.9 Å². The highest BCUT2D eigenvalue weighted by atomic mass is 32.2. The summed E-state index contributed by atoms with van der Waals surface area (Å²) in [6.45, 7) is 3.47. The maximum absolute atomic E-state index is 10.8. The van der Waals surface area contributed by atoms with Crippen molar-refractivity contribution in [2.45, 2.75) is 31.1 Å². The summed E-state index contributed by atoms with van der Waals surface area (Å²) in [5.74, 6) is 0. The molecule has 0 aliphatic rings. The normalized spacial score (nSPS) is 11.6. The van der Waals surface area contributed by atoms with Crippen LogP contribution in [0.1, 0.15) is 25.3 Å². The molecule has 0 heterocycles. The van der Waals surface area contributed by atoms with Gasteiger partial charge in [-0.2, -0.15) is 8.42 Å². The molecule has 4 nitrogen and oxygen atoms in total. The predicted octanol–water partition coefficient (Wildman–Crippen LogP) is 2.29. The number of hydrogen-bond donors (Lipinski definition) is 1. The molecule has 0 unspecified atom stereocenters. The molecule has 0 aromatic heterocycles. The third kappa shape index (κ3) is 5.30. The van der Waals surface area contributed by atoms with Crippen LogP contribution in [0.15, 0.2) is 29.2 Å². The van der Waals surface area contributed by atoms with Gasteiger partial charge < -0.3 is 4.74 Å². The van der Waals surface area contributed by atoms with Gasteiger partial charge in [0.25, 0.3) is 10.1 Å². The van der Waals surface area contributed by atoms with Gasteiger partial charge in [0, 0.05) is 13.2 Å². The molecule has 0 aliphatic heterocycles. The minimum atomic E-state index is -4.07. The van der Waals surface area contributed by atoms with Crippen LogP contribution in [0, 0.1) is 0 Å². The summed E-state index contributed by atoms with van der Waals surface area (Å²) in [5.41, 5.74) is 1.06. The van der Waals surface area contributed by atoms with E-state index in [1.807, 2.05) is 6.92 Å². The summed E-state index contributed by atoms with van der Waals surface area (Å²) in [6.07, 6.45) is 2.89. The predicted molar refractivity (Wildman–Crippen MR) is 65.7 cm³/mol. The van der Waals surface area contributed by atoms with E-state index >= 15 is 0 Å². The zero-order valence-electron chi connectivity index (χ0n) is 9.93. The van der Waals surface area contributed by atoms with Crippen LogP contribution in [0.5, 0.6) is 0 Å². The fourth-order valence-electron chi connectivity index (χ4n) is 1.51. The van der Waals surface area contributed by atoms with Crippen LogP contribution < -0.4 is 0 Å². The molecule has 0 saturated heterocycles. The van der Waals surface area contributed by atoms with Crippen molar-refractivity contribution in [2.75, 3.05) is 13.2 Å². The van der Waals surface area contributed by atoms with Gasteiger partial charge in [0.15, 0.2) is 0 Å². The van der Waals surface area contributed by atoms with Crippen LogP contribution in [0.25, 0.3) is 0 Å². The highest BCUT2D eigenvalue weighted by molar-refractivity contribution is 7.85. The van der Waals surface area contributed by atoms with E-state index in [2.05, 4.69) is 0 Å². The number of ether oxygens (including phenoxy) is 1. The van der Waals surface area contributed by atoms with E-state index in [0.29, 0.717) is 0 Å². The molecule has 0 bridgehead atoms. The maximum Gasteiger partial charge on any atom is 0.294 e. The van der Waals surface area contributed by atoms with Crippen molar-refractivity contribution in [1.82, 2.24) is 0 Å². The van der Waals surface area contributed by atoms with Crippen molar-refractivity contribution in [3.63, 3.8) is 0 Å². The Morgan fingerprint density at radius 1 is 1.18 bits per heavy atom. The lowest BCUT2D eigenvalue weighted by Crippen LogP contribution is -1.98. The first kappa shape index (κ1) is 14.2. The molecular formula is C12H18O4S. The summed E-state index contributed by atoms with van der Waals surface area (Å²) in [7, 11) is -4.07. The second-order valence-electron chi connectivity index (χ2n) is 3.77. The zero-order valence-corrected chi connectivity index (χ0v) is 10.7. The Hall–Kier alpha value is -0.910. The van der Waals surface area contributed by atoms with E-state index in [9.17, 15) is 8.42 Å². The van der Waals surface area contributed by atoms with Crippen molar-refractivity contribution in [3.05, 3.63) is 29.8 Å². The third-order valence-corrected chi connectivity index (χ3v) is 3.30. The second-order valence-corrected chi connectivity index (χ2v) is 5.19. The molecule has 1 aromatic carbocycles. The maximum atomic E-state index is 10.8. The van der Waals surface area contributed by atoms with Crippen LogP contribution >= 0.6 is 0 Å². The second kappa shape index (κ2) is 6.74. The minimum Gasteiger partial charge on any atom is -0.382 e. The standard InChI is InChI=1S/C12H18O4S/c1-2-16-10-4-3-5-11-6-8-12(9-7-11)17(13,14)15/h6-9H,2-5,10H2,1H3,(H,13,14,15). The summed E-state index contributed by atoms with van der Waals surface area (Å²) in [5, 5.41) is 0. The highest BCUT2D eigenvalue weighted by Gasteiger charge is 2.07. The lowest BCUT2D eigenvalue weighted by atomic mass is 10.1. The Bertz CT molecular complexity index is 422. The first-order valence-electron chi connectivity index (χ1n) is 5.68. The average Bonchev–Trinajstić information content (AvgIpc) is 2.28. The molecular weight excluding hydrogens is 240 g/mol. The summed E-state index contributed by atoms with van der Waals surface area (Å²) < 4.78 is 35.7. The molecule has 0 spiro atoms. The molecule has 0 amide bonds. The van der Waals surface area contributed by atoms with E-state index in [0.717, 1.165) is 38.0 Å². The van der Waals surface area contributed by atoms with E-state index in [1.165, 1.54) is 12.1 Å². The molecule has 0 aliphatic carbocycles. The van der Waals surface area contributed by atoms with Crippen LogP contribution in [0.2, 0.25) is 0 Å². The number of unbranched alkanes of at least 4 members (excludes halogenated alkanes) is 1. The molecule has 1 N–H and O–H groups in total. The van der Waals surface area contributed by atoms with Crippen molar-refractivity contribution in [2.24, 2.45) is 0 Å². The number of aryl methyl sites for hydroxylation is 1. The molecule has 0 fully saturated rings. The molecule has 96 valence electrons. The van der Waals surface area contributed by atoms with E-state index in [-0.39, 0.29) is 4.90 Å². The Morgan fingerprint density at radius 2 is 1.82 bits per heavy atom. The van der Waals surface area contributed by atoms with E-state index in [1.54, 1.807) is 12.1 Å². The van der Waals surface area contributed by atoms with Gasteiger partial charge in [-0.15, -0.1) is 0 Å². The summed E-state index contributed by atoms with van der Waals surface area (Å²) in [4.78, 5) is -0.0597. The van der Waals surface area contributed by atoms with Gasteiger partial charge in [0.2, 0.25) is 0 Å². The third-order valence-electron chi connectivity index (χ3n) is 2.43. The average molecular weight is 258 g/mol. The minimum absolute atomic E-state index is 0.0597. The van der Waals surface area contributed by atoms with E-state index in [4.69, 9.17) is 9.29 Å². The Morgan fingerprint density at radius 3 is 2.35 bits per heavy atom. The lowest BCUT2D eigenvalue weighted by Gasteiger charge is -2.03. The van der Waals surface area contributed by atoms with Gasteiger partial charge >= 0.3 is 0 Å². The van der Waals surface area contributed by atoms with Crippen LogP contribution in [0.3, 0.4) is 0 Å². The quantitative estimate of drug-likeness (QED) is 0.602. The summed E-state index contributed by atoms with van der Waals surface area (Å²) in [6, 6.07) is 6.30. The van der Waals surface area contributed by atoms with Gasteiger partial charge in [0.1, 0.15) is 0 Å². The monoisotopic (exact) mass is 258 g/mol. The molecule has 0 atom stereocenters. The molecule has 1 rings (SSSR count). The fraction of sp³-hybridized carbons (Fsp3) is 0.500. The van der Waals surface area contributed by atoms with Crippen LogP contribution in [-0.2, 0) is 21.3 Å². The molecule has 1 aromatic rings. The Balaban J connectivity index is 2.41. The molecule has 5 heteroatoms. The zero-order chi connectivity index (χ0) is 12.7.